The van der Waals surface area contributed by atoms with Gasteiger partial charge in [-0.05, 0) is 65.3 Å². The van der Waals surface area contributed by atoms with Crippen molar-refractivity contribution in [2.24, 2.45) is 17.3 Å². The maximum absolute atomic E-state index is 11.3. The number of thiazole rings is 1. The first-order chi connectivity index (χ1) is 12.2. The average Bonchev–Trinajstić information content (AvgIpc) is 2.88. The van der Waals surface area contributed by atoms with Crippen LogP contribution < -0.4 is 9.29 Å². The van der Waals surface area contributed by atoms with E-state index < -0.39 is 10.1 Å². The van der Waals surface area contributed by atoms with Crippen molar-refractivity contribution in [1.29, 1.82) is 0 Å². The maximum Gasteiger partial charge on any atom is 0.409 e. The Balaban J connectivity index is 1.98. The summed E-state index contributed by atoms with van der Waals surface area (Å²) >= 11 is 1.27. The first-order valence-electron chi connectivity index (χ1n) is 7.39. The summed E-state index contributed by atoms with van der Waals surface area (Å²) in [4.78, 5) is -0.158. The van der Waals surface area contributed by atoms with Gasteiger partial charge in [-0.1, -0.05) is 0 Å². The zero-order chi connectivity index (χ0) is 19.1. The Labute approximate surface area is 157 Å². The number of rotatable bonds is 4. The highest BCUT2D eigenvalue weighted by atomic mass is 32.2. The van der Waals surface area contributed by atoms with Gasteiger partial charge < -0.3 is 4.72 Å². The van der Waals surface area contributed by atoms with Crippen LogP contribution in [0.1, 0.15) is 5.56 Å². The fourth-order valence-corrected chi connectivity index (χ4v) is 3.97. The summed E-state index contributed by atoms with van der Waals surface area (Å²) in [6.07, 6.45) is 0. The predicted molar refractivity (Wildman–Crippen MR) is 102 cm³/mol. The second kappa shape index (κ2) is 6.82. The highest BCUT2D eigenvalue weighted by Crippen LogP contribution is 2.30. The third-order valence-electron chi connectivity index (χ3n) is 3.80. The van der Waals surface area contributed by atoms with Gasteiger partial charge in [-0.3, -0.25) is 4.55 Å². The van der Waals surface area contributed by atoms with Crippen LogP contribution in [0.2, 0.25) is 0 Å². The minimum absolute atomic E-state index is 0.158. The third kappa shape index (κ3) is 3.64. The summed E-state index contributed by atoms with van der Waals surface area (Å²) in [6.45, 7) is 1.87. The van der Waals surface area contributed by atoms with Gasteiger partial charge in [0, 0.05) is 5.69 Å². The molecule has 1 aromatic heterocycles. The molecule has 2 aromatic carbocycles. The standard InChI is InChI=1S/C15H12B2N4O3S2/c1-9-7-10(21(16)17)3-5-12(9)18-19-15-20(2)13-6-4-11(26(22,23)24)8-14(13)25-15/h3-8H,1-2H3/p+1. The molecule has 1 N–H and O–H groups in total. The number of fused-ring (bicyclic) bond motifs is 1. The van der Waals surface area contributed by atoms with E-state index in [2.05, 4.69) is 10.2 Å². The summed E-state index contributed by atoms with van der Waals surface area (Å²) in [5.74, 6) is 0. The molecule has 3 aromatic rings. The Bertz CT molecular complexity index is 1130. The largest absolute Gasteiger partial charge is 0.479 e. The first-order valence-corrected chi connectivity index (χ1v) is 9.64. The molecule has 0 saturated heterocycles. The van der Waals surface area contributed by atoms with Crippen molar-refractivity contribution < 1.29 is 17.5 Å². The summed E-state index contributed by atoms with van der Waals surface area (Å²) < 4.78 is 35.2. The minimum atomic E-state index is -4.25. The average molecular weight is 383 g/mol. The van der Waals surface area contributed by atoms with E-state index in [4.69, 9.17) is 16.0 Å². The highest BCUT2D eigenvalue weighted by molar-refractivity contribution is 7.85. The monoisotopic (exact) mass is 383 g/mol. The first kappa shape index (κ1) is 18.6. The van der Waals surface area contributed by atoms with Crippen molar-refractivity contribution in [3.8, 4) is 0 Å². The molecule has 128 valence electrons. The van der Waals surface area contributed by atoms with E-state index in [1.54, 1.807) is 35.9 Å². The molecule has 0 atom stereocenters. The second-order valence-electron chi connectivity index (χ2n) is 5.63. The molecule has 0 spiro atoms. The number of aromatic nitrogens is 1. The molecule has 0 aliphatic heterocycles. The highest BCUT2D eigenvalue weighted by Gasteiger charge is 2.19. The summed E-state index contributed by atoms with van der Waals surface area (Å²) in [5, 5.41) is 9.09. The number of hydrogen-bond donors (Lipinski definition) is 1. The molecular weight excluding hydrogens is 370 g/mol. The molecule has 0 aliphatic rings. The van der Waals surface area contributed by atoms with Crippen LogP contribution in [0.3, 0.4) is 0 Å². The van der Waals surface area contributed by atoms with Crippen molar-refractivity contribution in [2.45, 2.75) is 11.8 Å². The number of hydrogen-bond acceptors (Lipinski definition) is 6. The van der Waals surface area contributed by atoms with Crippen LogP contribution in [-0.2, 0) is 17.2 Å². The van der Waals surface area contributed by atoms with Gasteiger partial charge in [-0.2, -0.15) is 8.42 Å². The lowest BCUT2D eigenvalue weighted by Gasteiger charge is -2.14. The molecule has 7 nitrogen and oxygen atoms in total. The van der Waals surface area contributed by atoms with Crippen LogP contribution in [0.5, 0.6) is 0 Å². The molecule has 0 unspecified atom stereocenters. The minimum Gasteiger partial charge on any atom is -0.479 e. The fraction of sp³-hybridized carbons (Fsp3) is 0.133. The van der Waals surface area contributed by atoms with Crippen molar-refractivity contribution in [3.05, 3.63) is 42.0 Å². The van der Waals surface area contributed by atoms with Crippen LogP contribution in [0.25, 0.3) is 10.2 Å². The van der Waals surface area contributed by atoms with Crippen molar-refractivity contribution >= 4 is 64.1 Å². The van der Waals surface area contributed by atoms with Crippen LogP contribution in [0.4, 0.5) is 16.5 Å². The quantitative estimate of drug-likeness (QED) is 0.325. The topological polar surface area (TPSA) is 86.2 Å². The van der Waals surface area contributed by atoms with E-state index in [0.717, 1.165) is 15.8 Å². The molecule has 0 fully saturated rings. The van der Waals surface area contributed by atoms with Gasteiger partial charge in [0.25, 0.3) is 10.1 Å². The van der Waals surface area contributed by atoms with Gasteiger partial charge in [0.2, 0.25) is 16.0 Å². The molecule has 26 heavy (non-hydrogen) atoms. The van der Waals surface area contributed by atoms with E-state index in [9.17, 15) is 13.0 Å². The zero-order valence-electron chi connectivity index (χ0n) is 14.0. The van der Waals surface area contributed by atoms with E-state index in [1.165, 1.54) is 23.5 Å². The van der Waals surface area contributed by atoms with Gasteiger partial charge in [-0.25, -0.2) is 4.57 Å². The van der Waals surface area contributed by atoms with Crippen LogP contribution >= 0.6 is 11.3 Å². The lowest BCUT2D eigenvalue weighted by molar-refractivity contribution is -0.627. The number of benzene rings is 2. The number of azo groups is 1. The molecule has 4 radical (unpaired) electrons. The third-order valence-corrected chi connectivity index (χ3v) is 5.74. The lowest BCUT2D eigenvalue weighted by Crippen LogP contribution is -2.25. The van der Waals surface area contributed by atoms with Gasteiger partial charge in [0.05, 0.1) is 21.8 Å². The molecule has 0 bridgehead atoms. The Morgan fingerprint density at radius 1 is 1.15 bits per heavy atom. The summed E-state index contributed by atoms with van der Waals surface area (Å²) in [5.41, 5.74) is 2.94. The molecule has 0 aliphatic carbocycles. The van der Waals surface area contributed by atoms with E-state index in [-0.39, 0.29) is 4.90 Å². The molecular formula is C15H13B2N4O3S2+. The zero-order valence-corrected chi connectivity index (χ0v) is 15.6. The second-order valence-corrected chi connectivity index (χ2v) is 8.06. The van der Waals surface area contributed by atoms with Gasteiger partial charge >= 0.3 is 5.13 Å². The van der Waals surface area contributed by atoms with Crippen molar-refractivity contribution in [2.75, 3.05) is 4.72 Å². The van der Waals surface area contributed by atoms with Crippen molar-refractivity contribution in [1.82, 2.24) is 0 Å². The van der Waals surface area contributed by atoms with Gasteiger partial charge in [0.1, 0.15) is 11.2 Å². The fourth-order valence-electron chi connectivity index (χ4n) is 2.38. The van der Waals surface area contributed by atoms with Crippen LogP contribution in [0, 0.1) is 6.92 Å². The Hall–Kier alpha value is -2.23. The molecule has 0 amide bonds. The van der Waals surface area contributed by atoms with Gasteiger partial charge in [-0.15, -0.1) is 0 Å². The van der Waals surface area contributed by atoms with E-state index in [0.29, 0.717) is 21.2 Å². The van der Waals surface area contributed by atoms with E-state index >= 15 is 0 Å². The van der Waals surface area contributed by atoms with Crippen LogP contribution in [-0.4, -0.2) is 28.9 Å². The van der Waals surface area contributed by atoms with Crippen molar-refractivity contribution in [3.63, 3.8) is 0 Å². The van der Waals surface area contributed by atoms with Crippen LogP contribution in [0.15, 0.2) is 51.5 Å². The Morgan fingerprint density at radius 2 is 1.88 bits per heavy atom. The molecule has 11 heteroatoms. The SMILES string of the molecule is [B]N([B])c1ccc(N=Nc2sc3cc(S(=O)(=O)O)ccc3[n+]2C)c(C)c1. The smallest absolute Gasteiger partial charge is 0.409 e. The summed E-state index contributed by atoms with van der Waals surface area (Å²) in [7, 11) is 8.55. The Morgan fingerprint density at radius 3 is 2.50 bits per heavy atom. The number of nitrogens with zero attached hydrogens (tertiary/aromatic N) is 4. The lowest BCUT2D eigenvalue weighted by atomic mass is 10.1. The molecule has 3 rings (SSSR count). The van der Waals surface area contributed by atoms with E-state index in [1.807, 2.05) is 6.92 Å². The van der Waals surface area contributed by atoms with Gasteiger partial charge in [0.15, 0.2) is 0 Å². The predicted octanol–water partition coefficient (Wildman–Crippen LogP) is 2.67. The normalized spacial score (nSPS) is 12.1. The summed E-state index contributed by atoms with van der Waals surface area (Å²) in [6, 6.07) is 9.64. The molecule has 1 heterocycles. The number of anilines is 1. The number of aryl methyl sites for hydroxylation is 2. The molecule has 0 saturated carbocycles. The maximum atomic E-state index is 11.3. The Kier molecular flexibility index (Phi) is 4.87.